The molecule has 0 aliphatic carbocycles. The summed E-state index contributed by atoms with van der Waals surface area (Å²) in [6, 6.07) is 15.5. The molecule has 4 rings (SSSR count). The van der Waals surface area contributed by atoms with E-state index < -0.39 is 0 Å². The van der Waals surface area contributed by atoms with E-state index in [2.05, 4.69) is 32.6 Å². The van der Waals surface area contributed by atoms with Gasteiger partial charge < -0.3 is 25.2 Å². The fourth-order valence-corrected chi connectivity index (χ4v) is 3.53. The summed E-state index contributed by atoms with van der Waals surface area (Å²) in [5, 5.41) is 6.18. The highest BCUT2D eigenvalue weighted by Crippen LogP contribution is 2.21. The lowest BCUT2D eigenvalue weighted by Gasteiger charge is -2.32. The molecule has 8 nitrogen and oxygen atoms in total. The average Bonchev–Trinajstić information content (AvgIpc) is 2.81. The minimum absolute atomic E-state index is 0.0559. The first-order chi connectivity index (χ1) is 15.1. The number of aliphatic imine (C=N–C) groups is 2. The number of ether oxygens (including phenoxy) is 1. The van der Waals surface area contributed by atoms with E-state index in [4.69, 9.17) is 4.74 Å². The number of carbonyl (C=O) groups excluding carboxylic acids is 1. The number of anilines is 2. The molecule has 0 aromatic heterocycles. The molecule has 0 spiro atoms. The van der Waals surface area contributed by atoms with Crippen molar-refractivity contribution in [2.45, 2.75) is 5.92 Å². The number of nitrogens with zero attached hydrogens (tertiary/aromatic N) is 4. The average molecular weight is 421 g/mol. The molecule has 2 heterocycles. The van der Waals surface area contributed by atoms with Gasteiger partial charge in [0.1, 0.15) is 5.75 Å². The van der Waals surface area contributed by atoms with Crippen LogP contribution in [0.1, 0.15) is 11.5 Å². The van der Waals surface area contributed by atoms with Gasteiger partial charge >= 0.3 is 6.03 Å². The van der Waals surface area contributed by atoms with Crippen molar-refractivity contribution in [1.82, 2.24) is 9.80 Å². The predicted octanol–water partition coefficient (Wildman–Crippen LogP) is 3.11. The zero-order valence-corrected chi connectivity index (χ0v) is 17.9. The van der Waals surface area contributed by atoms with Crippen molar-refractivity contribution < 1.29 is 9.53 Å². The molecule has 1 saturated heterocycles. The van der Waals surface area contributed by atoms with E-state index in [9.17, 15) is 4.79 Å². The first kappa shape index (κ1) is 20.9. The number of guanidine groups is 1. The third-order valence-electron chi connectivity index (χ3n) is 5.54. The smallest absolute Gasteiger partial charge is 0.321 e. The van der Waals surface area contributed by atoms with E-state index in [1.165, 1.54) is 0 Å². The molecule has 1 atom stereocenters. The summed E-state index contributed by atoms with van der Waals surface area (Å²) in [6.45, 7) is 3.93. The van der Waals surface area contributed by atoms with Crippen LogP contribution in [0.25, 0.3) is 0 Å². The number of methoxy groups -OCH3 is 1. The minimum atomic E-state index is -0.0559. The van der Waals surface area contributed by atoms with Crippen LogP contribution in [0.3, 0.4) is 0 Å². The number of likely N-dealkylation sites (N-methyl/N-ethyl adjacent to an activating group) is 1. The number of urea groups is 1. The summed E-state index contributed by atoms with van der Waals surface area (Å²) in [4.78, 5) is 25.5. The number of piperazine rings is 1. The largest absolute Gasteiger partial charge is 0.497 e. The maximum atomic E-state index is 12.4. The highest BCUT2D eigenvalue weighted by molar-refractivity contribution is 6.00. The van der Waals surface area contributed by atoms with E-state index in [0.717, 1.165) is 48.9 Å². The molecular weight excluding hydrogens is 392 g/mol. The summed E-state index contributed by atoms with van der Waals surface area (Å²) < 4.78 is 5.21. The number of hydrogen-bond acceptors (Lipinski definition) is 6. The van der Waals surface area contributed by atoms with Crippen LogP contribution in [-0.2, 0) is 0 Å². The third kappa shape index (κ3) is 5.40. The van der Waals surface area contributed by atoms with Crippen LogP contribution in [0.2, 0.25) is 0 Å². The number of amides is 2. The number of hydrogen-bond donors (Lipinski definition) is 2. The molecule has 1 fully saturated rings. The monoisotopic (exact) mass is 420 g/mol. The molecule has 162 valence electrons. The van der Waals surface area contributed by atoms with Crippen molar-refractivity contribution in [3.05, 3.63) is 54.1 Å². The van der Waals surface area contributed by atoms with Crippen molar-refractivity contribution in [3.8, 4) is 5.75 Å². The summed E-state index contributed by atoms with van der Waals surface area (Å²) in [6.07, 6.45) is 1.92. The Kier molecular flexibility index (Phi) is 6.47. The second kappa shape index (κ2) is 9.61. The number of carbonyl (C=O) groups is 1. The first-order valence-corrected chi connectivity index (χ1v) is 10.4. The Balaban J connectivity index is 1.28. The molecule has 0 saturated carbocycles. The molecule has 2 aromatic carbocycles. The van der Waals surface area contributed by atoms with Crippen molar-refractivity contribution in [3.63, 3.8) is 0 Å². The number of nitrogens with one attached hydrogen (secondary N) is 2. The van der Waals surface area contributed by atoms with Gasteiger partial charge in [-0.2, -0.15) is 0 Å². The maximum absolute atomic E-state index is 12.4. The van der Waals surface area contributed by atoms with Crippen molar-refractivity contribution in [1.29, 1.82) is 0 Å². The normalized spacial score (nSPS) is 19.0. The van der Waals surface area contributed by atoms with Gasteiger partial charge in [-0.1, -0.05) is 12.1 Å². The molecule has 8 heteroatoms. The fourth-order valence-electron chi connectivity index (χ4n) is 3.53. The maximum Gasteiger partial charge on any atom is 0.321 e. The summed E-state index contributed by atoms with van der Waals surface area (Å²) >= 11 is 0. The zero-order valence-electron chi connectivity index (χ0n) is 17.9. The molecule has 2 aliphatic heterocycles. The summed E-state index contributed by atoms with van der Waals surface area (Å²) in [5.41, 5.74) is 2.80. The number of benzene rings is 2. The van der Waals surface area contributed by atoms with Crippen LogP contribution >= 0.6 is 0 Å². The van der Waals surface area contributed by atoms with Gasteiger partial charge in [0.05, 0.1) is 13.7 Å². The van der Waals surface area contributed by atoms with Crippen LogP contribution in [-0.4, -0.2) is 74.9 Å². The van der Waals surface area contributed by atoms with E-state index in [0.29, 0.717) is 12.5 Å². The fraction of sp³-hybridized carbons (Fsp3) is 0.348. The molecule has 2 aliphatic rings. The first-order valence-electron chi connectivity index (χ1n) is 10.4. The van der Waals surface area contributed by atoms with Crippen LogP contribution in [0.5, 0.6) is 5.75 Å². The third-order valence-corrected chi connectivity index (χ3v) is 5.54. The lowest BCUT2D eigenvalue weighted by Crippen LogP contribution is -2.48. The molecule has 2 amide bonds. The van der Waals surface area contributed by atoms with Crippen molar-refractivity contribution in [2.75, 3.05) is 57.5 Å². The Morgan fingerprint density at radius 1 is 1.00 bits per heavy atom. The second-order valence-electron chi connectivity index (χ2n) is 7.74. The van der Waals surface area contributed by atoms with Crippen molar-refractivity contribution >= 4 is 29.6 Å². The SMILES string of the molecule is COc1ccc(C2C=NC(Nc3ccc(NC(=O)N4CCN(C)CC4)cc3)=NC2)cc1. The van der Waals surface area contributed by atoms with Gasteiger partial charge in [-0.05, 0) is 49.0 Å². The quantitative estimate of drug-likeness (QED) is 0.796. The van der Waals surface area contributed by atoms with Gasteiger partial charge in [0.25, 0.3) is 0 Å². The van der Waals surface area contributed by atoms with E-state index in [1.54, 1.807) is 7.11 Å². The Labute approximate surface area is 182 Å². The van der Waals surface area contributed by atoms with Gasteiger partial charge in [0.2, 0.25) is 5.96 Å². The van der Waals surface area contributed by atoms with Crippen LogP contribution in [0.4, 0.5) is 16.2 Å². The van der Waals surface area contributed by atoms with E-state index >= 15 is 0 Å². The Morgan fingerprint density at radius 2 is 1.68 bits per heavy atom. The van der Waals surface area contributed by atoms with Crippen LogP contribution in [0.15, 0.2) is 58.5 Å². The highest BCUT2D eigenvalue weighted by atomic mass is 16.5. The topological polar surface area (TPSA) is 81.6 Å². The van der Waals surface area contributed by atoms with Gasteiger partial charge in [0, 0.05) is 49.7 Å². The van der Waals surface area contributed by atoms with Gasteiger partial charge in [-0.15, -0.1) is 0 Å². The molecule has 0 bridgehead atoms. The van der Waals surface area contributed by atoms with Gasteiger partial charge in [-0.25, -0.2) is 9.79 Å². The highest BCUT2D eigenvalue weighted by Gasteiger charge is 2.19. The Hall–Kier alpha value is -3.39. The van der Waals surface area contributed by atoms with E-state index in [1.807, 2.05) is 59.6 Å². The van der Waals surface area contributed by atoms with E-state index in [-0.39, 0.29) is 11.9 Å². The second-order valence-corrected chi connectivity index (χ2v) is 7.74. The lowest BCUT2D eigenvalue weighted by atomic mass is 10.00. The molecule has 2 aromatic rings. The summed E-state index contributed by atoms with van der Waals surface area (Å²) in [7, 11) is 3.73. The predicted molar refractivity (Wildman–Crippen MR) is 125 cm³/mol. The van der Waals surface area contributed by atoms with Crippen LogP contribution < -0.4 is 15.4 Å². The molecule has 2 N–H and O–H groups in total. The van der Waals surface area contributed by atoms with Gasteiger partial charge in [0.15, 0.2) is 0 Å². The minimum Gasteiger partial charge on any atom is -0.497 e. The molecule has 31 heavy (non-hydrogen) atoms. The molecular formula is C23H28N6O2. The molecule has 1 unspecified atom stereocenters. The Bertz CT molecular complexity index is 947. The Morgan fingerprint density at radius 3 is 2.29 bits per heavy atom. The lowest BCUT2D eigenvalue weighted by molar-refractivity contribution is 0.164. The zero-order chi connectivity index (χ0) is 21.6. The molecule has 0 radical (unpaired) electrons. The number of rotatable bonds is 4. The standard InChI is InChI=1S/C23H28N6O2/c1-28-11-13-29(14-12-28)23(30)27-20-7-5-19(6-8-20)26-22-24-15-18(16-25-22)17-3-9-21(31-2)10-4-17/h3-10,15,18H,11-14,16H2,1-2H3,(H,25,26)(H,27,30). The van der Waals surface area contributed by atoms with Crippen molar-refractivity contribution in [2.24, 2.45) is 9.98 Å². The summed E-state index contributed by atoms with van der Waals surface area (Å²) in [5.74, 6) is 1.58. The van der Waals surface area contributed by atoms with Gasteiger partial charge in [-0.3, -0.25) is 4.99 Å². The van der Waals surface area contributed by atoms with Crippen LogP contribution in [0, 0.1) is 0 Å².